The van der Waals surface area contributed by atoms with Crippen molar-refractivity contribution >= 4 is 22.7 Å². The molecule has 0 aliphatic heterocycles. The third kappa shape index (κ3) is 2.02. The smallest absolute Gasteiger partial charge is 0.113 e. The van der Waals surface area contributed by atoms with Gasteiger partial charge in [-0.15, -0.1) is 22.7 Å². The number of aryl methyl sites for hydroxylation is 2. The number of hydrogen-bond acceptors (Lipinski definition) is 4. The van der Waals surface area contributed by atoms with Gasteiger partial charge in [-0.1, -0.05) is 12.8 Å². The van der Waals surface area contributed by atoms with Crippen LogP contribution in [0.4, 0.5) is 0 Å². The molecule has 0 unspecified atom stereocenters. The molecule has 1 fully saturated rings. The van der Waals surface area contributed by atoms with Crippen LogP contribution in [0.5, 0.6) is 0 Å². The molecule has 3 rings (SSSR count). The van der Waals surface area contributed by atoms with Crippen LogP contribution >= 0.6 is 22.7 Å². The van der Waals surface area contributed by atoms with Gasteiger partial charge in [0, 0.05) is 20.7 Å². The Morgan fingerprint density at radius 3 is 2.61 bits per heavy atom. The van der Waals surface area contributed by atoms with Crippen molar-refractivity contribution in [3.63, 3.8) is 0 Å². The summed E-state index contributed by atoms with van der Waals surface area (Å²) in [6, 6.07) is 2.23. The van der Waals surface area contributed by atoms with E-state index in [0.29, 0.717) is 0 Å². The zero-order chi connectivity index (χ0) is 12.8. The molecule has 0 amide bonds. The summed E-state index contributed by atoms with van der Waals surface area (Å²) in [7, 11) is 0. The zero-order valence-corrected chi connectivity index (χ0v) is 12.5. The summed E-state index contributed by atoms with van der Waals surface area (Å²) in [6.45, 7) is 4.32. The molecule has 0 aromatic carbocycles. The van der Waals surface area contributed by atoms with Gasteiger partial charge in [0.05, 0.1) is 11.2 Å². The Morgan fingerprint density at radius 1 is 1.28 bits per heavy atom. The minimum atomic E-state index is -0.151. The summed E-state index contributed by atoms with van der Waals surface area (Å²) in [5.41, 5.74) is 8.70. The summed E-state index contributed by atoms with van der Waals surface area (Å²) in [4.78, 5) is 7.51. The second-order valence-electron chi connectivity index (χ2n) is 5.23. The molecule has 0 spiro atoms. The van der Waals surface area contributed by atoms with Gasteiger partial charge in [0.25, 0.3) is 0 Å². The third-order valence-electron chi connectivity index (χ3n) is 3.74. The molecule has 2 nitrogen and oxygen atoms in total. The lowest BCUT2D eigenvalue weighted by Gasteiger charge is -2.19. The van der Waals surface area contributed by atoms with E-state index in [1.165, 1.54) is 28.2 Å². The maximum absolute atomic E-state index is 6.47. The molecule has 2 heterocycles. The first kappa shape index (κ1) is 12.3. The van der Waals surface area contributed by atoms with Gasteiger partial charge in [0.2, 0.25) is 0 Å². The number of aromatic nitrogens is 1. The third-order valence-corrected chi connectivity index (χ3v) is 5.77. The van der Waals surface area contributed by atoms with E-state index < -0.39 is 0 Å². The van der Waals surface area contributed by atoms with Gasteiger partial charge in [-0.25, -0.2) is 4.98 Å². The Balaban J connectivity index is 1.96. The molecule has 1 aliphatic rings. The zero-order valence-electron chi connectivity index (χ0n) is 10.8. The second-order valence-corrected chi connectivity index (χ2v) is 7.55. The van der Waals surface area contributed by atoms with Gasteiger partial charge >= 0.3 is 0 Å². The number of nitrogens with two attached hydrogens (primary N) is 1. The van der Waals surface area contributed by atoms with Crippen molar-refractivity contribution in [2.45, 2.75) is 45.1 Å². The fourth-order valence-electron chi connectivity index (χ4n) is 2.73. The summed E-state index contributed by atoms with van der Waals surface area (Å²) in [6.07, 6.45) is 4.65. The van der Waals surface area contributed by atoms with Crippen LogP contribution in [-0.4, -0.2) is 4.98 Å². The molecular formula is C14H18N2S2. The Hall–Kier alpha value is -0.710. The Kier molecular flexibility index (Phi) is 3.04. The van der Waals surface area contributed by atoms with Crippen LogP contribution in [0.25, 0.3) is 11.3 Å². The highest BCUT2D eigenvalue weighted by Crippen LogP contribution is 2.40. The van der Waals surface area contributed by atoms with E-state index in [-0.39, 0.29) is 5.54 Å². The van der Waals surface area contributed by atoms with Crippen LogP contribution < -0.4 is 5.73 Å². The van der Waals surface area contributed by atoms with Gasteiger partial charge in [-0.05, 0) is 32.8 Å². The first-order valence-electron chi connectivity index (χ1n) is 6.41. The molecule has 0 bridgehead atoms. The lowest BCUT2D eigenvalue weighted by atomic mass is 10.0. The van der Waals surface area contributed by atoms with Crippen molar-refractivity contribution in [2.75, 3.05) is 0 Å². The first-order valence-corrected chi connectivity index (χ1v) is 8.10. The van der Waals surface area contributed by atoms with E-state index in [4.69, 9.17) is 10.7 Å². The fourth-order valence-corrected chi connectivity index (χ4v) is 4.66. The number of nitrogens with zero attached hydrogens (tertiary/aromatic N) is 1. The number of hydrogen-bond donors (Lipinski definition) is 1. The van der Waals surface area contributed by atoms with Crippen molar-refractivity contribution < 1.29 is 0 Å². The van der Waals surface area contributed by atoms with Crippen LogP contribution in [0.1, 0.15) is 40.4 Å². The molecule has 0 atom stereocenters. The van der Waals surface area contributed by atoms with Gasteiger partial charge < -0.3 is 5.73 Å². The van der Waals surface area contributed by atoms with E-state index in [2.05, 4.69) is 25.3 Å². The average Bonchev–Trinajstić information content (AvgIpc) is 2.99. The average molecular weight is 278 g/mol. The highest BCUT2D eigenvalue weighted by molar-refractivity contribution is 7.12. The maximum atomic E-state index is 6.47. The molecule has 0 saturated heterocycles. The molecule has 96 valence electrons. The van der Waals surface area contributed by atoms with Crippen molar-refractivity contribution in [3.05, 3.63) is 26.2 Å². The van der Waals surface area contributed by atoms with E-state index in [9.17, 15) is 0 Å². The number of thiophene rings is 1. The van der Waals surface area contributed by atoms with Crippen LogP contribution in [0, 0.1) is 13.8 Å². The molecular weight excluding hydrogens is 260 g/mol. The van der Waals surface area contributed by atoms with E-state index >= 15 is 0 Å². The van der Waals surface area contributed by atoms with Gasteiger partial charge in [-0.2, -0.15) is 0 Å². The normalized spacial score (nSPS) is 18.4. The minimum Gasteiger partial charge on any atom is -0.319 e. The van der Waals surface area contributed by atoms with E-state index in [1.54, 1.807) is 11.3 Å². The monoisotopic (exact) mass is 278 g/mol. The van der Waals surface area contributed by atoms with E-state index in [1.807, 2.05) is 11.3 Å². The second kappa shape index (κ2) is 4.44. The first-order chi connectivity index (χ1) is 8.58. The van der Waals surface area contributed by atoms with Crippen molar-refractivity contribution in [1.82, 2.24) is 4.98 Å². The highest BCUT2D eigenvalue weighted by atomic mass is 32.1. The van der Waals surface area contributed by atoms with Crippen LogP contribution in [0.2, 0.25) is 0 Å². The molecule has 2 aromatic heterocycles. The van der Waals surface area contributed by atoms with Crippen LogP contribution in [0.15, 0.2) is 11.4 Å². The standard InChI is InChI=1S/C14H18N2S2/c1-9-7-11(10(2)18-9)12-8-17-13(16-12)14(15)5-3-4-6-14/h7-8H,3-6,15H2,1-2H3. The van der Waals surface area contributed by atoms with Crippen molar-refractivity contribution in [1.29, 1.82) is 0 Å². The lowest BCUT2D eigenvalue weighted by Crippen LogP contribution is -2.32. The molecule has 2 N–H and O–H groups in total. The Labute approximate surface area is 116 Å². The van der Waals surface area contributed by atoms with Crippen molar-refractivity contribution in [2.24, 2.45) is 5.73 Å². The summed E-state index contributed by atoms with van der Waals surface area (Å²) < 4.78 is 0. The topological polar surface area (TPSA) is 38.9 Å². The lowest BCUT2D eigenvalue weighted by molar-refractivity contribution is 0.459. The predicted octanol–water partition coefficient (Wildman–Crippen LogP) is 4.22. The number of rotatable bonds is 2. The molecule has 1 aliphatic carbocycles. The quantitative estimate of drug-likeness (QED) is 0.893. The fraction of sp³-hybridized carbons (Fsp3) is 0.500. The van der Waals surface area contributed by atoms with Gasteiger partial charge in [0.15, 0.2) is 0 Å². The maximum Gasteiger partial charge on any atom is 0.113 e. The molecule has 2 aromatic rings. The van der Waals surface area contributed by atoms with Crippen LogP contribution in [0.3, 0.4) is 0 Å². The van der Waals surface area contributed by atoms with Gasteiger partial charge in [-0.3, -0.25) is 0 Å². The summed E-state index contributed by atoms with van der Waals surface area (Å²) >= 11 is 3.57. The predicted molar refractivity (Wildman–Crippen MR) is 79.2 cm³/mol. The largest absolute Gasteiger partial charge is 0.319 e. The Morgan fingerprint density at radius 2 is 2.00 bits per heavy atom. The number of thiazole rings is 1. The highest BCUT2D eigenvalue weighted by Gasteiger charge is 2.34. The van der Waals surface area contributed by atoms with Crippen molar-refractivity contribution in [3.8, 4) is 11.3 Å². The van der Waals surface area contributed by atoms with Crippen LogP contribution in [-0.2, 0) is 5.54 Å². The summed E-state index contributed by atoms with van der Waals surface area (Å²) in [5, 5.41) is 3.29. The molecule has 18 heavy (non-hydrogen) atoms. The van der Waals surface area contributed by atoms with Gasteiger partial charge in [0.1, 0.15) is 5.01 Å². The minimum absolute atomic E-state index is 0.151. The Bertz CT molecular complexity index is 562. The summed E-state index contributed by atoms with van der Waals surface area (Å²) in [5.74, 6) is 0. The van der Waals surface area contributed by atoms with E-state index in [0.717, 1.165) is 23.5 Å². The molecule has 1 saturated carbocycles. The SMILES string of the molecule is Cc1cc(-c2csc(C3(N)CCCC3)n2)c(C)s1. The molecule has 0 radical (unpaired) electrons. The molecule has 4 heteroatoms.